The van der Waals surface area contributed by atoms with Crippen LogP contribution in [0.2, 0.25) is 5.02 Å². The molecule has 0 heterocycles. The van der Waals surface area contributed by atoms with Crippen molar-refractivity contribution >= 4 is 17.3 Å². The Hall–Kier alpha value is -2.25. The van der Waals surface area contributed by atoms with Gasteiger partial charge in [0.15, 0.2) is 11.6 Å². The molecule has 96 valence electrons. The van der Waals surface area contributed by atoms with Crippen LogP contribution in [-0.2, 0) is 6.61 Å². The number of nitrogen functional groups attached to an aromatic ring is 1. The Balaban J connectivity index is 2.15. The van der Waals surface area contributed by atoms with Gasteiger partial charge in [-0.2, -0.15) is 5.26 Å². The summed E-state index contributed by atoms with van der Waals surface area (Å²) in [5.41, 5.74) is 7.11. The average molecular weight is 277 g/mol. The van der Waals surface area contributed by atoms with Crippen molar-refractivity contribution in [3.05, 3.63) is 58.4 Å². The number of anilines is 1. The molecule has 0 radical (unpaired) electrons. The van der Waals surface area contributed by atoms with Crippen LogP contribution >= 0.6 is 11.6 Å². The van der Waals surface area contributed by atoms with Crippen LogP contribution in [0.3, 0.4) is 0 Å². The van der Waals surface area contributed by atoms with Gasteiger partial charge in [-0.05, 0) is 36.4 Å². The predicted octanol–water partition coefficient (Wildman–Crippen LogP) is 3.51. The lowest BCUT2D eigenvalue weighted by Gasteiger charge is -2.09. The van der Waals surface area contributed by atoms with Gasteiger partial charge in [-0.15, -0.1) is 0 Å². The van der Waals surface area contributed by atoms with Gasteiger partial charge in [-0.3, -0.25) is 0 Å². The minimum Gasteiger partial charge on any atom is -0.486 e. The van der Waals surface area contributed by atoms with E-state index in [0.717, 1.165) is 6.07 Å². The van der Waals surface area contributed by atoms with Crippen LogP contribution in [0.5, 0.6) is 5.75 Å². The first-order valence-electron chi connectivity index (χ1n) is 5.46. The summed E-state index contributed by atoms with van der Waals surface area (Å²) in [7, 11) is 0. The van der Waals surface area contributed by atoms with Crippen molar-refractivity contribution in [2.45, 2.75) is 6.61 Å². The molecule has 0 bridgehead atoms. The Bertz CT molecular complexity index is 652. The van der Waals surface area contributed by atoms with Gasteiger partial charge in [-0.25, -0.2) is 4.39 Å². The number of rotatable bonds is 3. The van der Waals surface area contributed by atoms with Crippen LogP contribution in [0.15, 0.2) is 36.4 Å². The molecule has 19 heavy (non-hydrogen) atoms. The molecule has 0 aliphatic heterocycles. The maximum atomic E-state index is 13.6. The monoisotopic (exact) mass is 276 g/mol. The zero-order chi connectivity index (χ0) is 13.8. The number of hydrogen-bond donors (Lipinski definition) is 1. The Morgan fingerprint density at radius 1 is 1.26 bits per heavy atom. The van der Waals surface area contributed by atoms with Gasteiger partial charge in [0, 0.05) is 16.3 Å². The highest BCUT2D eigenvalue weighted by Crippen LogP contribution is 2.23. The van der Waals surface area contributed by atoms with Crippen molar-refractivity contribution < 1.29 is 9.13 Å². The summed E-state index contributed by atoms with van der Waals surface area (Å²) >= 11 is 5.98. The molecule has 0 fully saturated rings. The first-order valence-corrected chi connectivity index (χ1v) is 5.84. The van der Waals surface area contributed by atoms with E-state index < -0.39 is 5.82 Å². The molecule has 0 saturated heterocycles. The van der Waals surface area contributed by atoms with Crippen LogP contribution in [0.25, 0.3) is 0 Å². The van der Waals surface area contributed by atoms with E-state index in [-0.39, 0.29) is 17.9 Å². The van der Waals surface area contributed by atoms with Gasteiger partial charge in [0.2, 0.25) is 0 Å². The molecule has 2 N–H and O–H groups in total. The number of nitrogens with two attached hydrogens (primary N) is 1. The molecule has 2 aromatic carbocycles. The van der Waals surface area contributed by atoms with Crippen LogP contribution in [0, 0.1) is 17.1 Å². The quantitative estimate of drug-likeness (QED) is 0.873. The van der Waals surface area contributed by atoms with Crippen LogP contribution in [-0.4, -0.2) is 0 Å². The fourth-order valence-electron chi connectivity index (χ4n) is 1.55. The minimum atomic E-state index is -0.584. The van der Waals surface area contributed by atoms with Gasteiger partial charge < -0.3 is 10.5 Å². The number of benzene rings is 2. The molecule has 2 rings (SSSR count). The van der Waals surface area contributed by atoms with Gasteiger partial charge in [0.1, 0.15) is 6.61 Å². The summed E-state index contributed by atoms with van der Waals surface area (Å²) in [6, 6.07) is 10.9. The number of hydrogen-bond acceptors (Lipinski definition) is 3. The van der Waals surface area contributed by atoms with Gasteiger partial charge in [0.25, 0.3) is 0 Å². The van der Waals surface area contributed by atoms with Crippen molar-refractivity contribution in [3.8, 4) is 11.8 Å². The molecular formula is C14H10ClFN2O. The maximum Gasteiger partial charge on any atom is 0.166 e. The maximum absolute atomic E-state index is 13.6. The third kappa shape index (κ3) is 3.15. The first kappa shape index (κ1) is 13.2. The van der Waals surface area contributed by atoms with Gasteiger partial charge in [0.05, 0.1) is 11.6 Å². The second-order valence-electron chi connectivity index (χ2n) is 3.90. The lowest BCUT2D eigenvalue weighted by atomic mass is 10.2. The number of halogens is 2. The van der Waals surface area contributed by atoms with Crippen LogP contribution < -0.4 is 10.5 Å². The first-order chi connectivity index (χ1) is 9.10. The molecule has 0 aromatic heterocycles. The zero-order valence-corrected chi connectivity index (χ0v) is 10.6. The third-order valence-electron chi connectivity index (χ3n) is 2.51. The normalized spacial score (nSPS) is 9.95. The molecule has 0 unspecified atom stereocenters. The molecule has 0 saturated carbocycles. The topological polar surface area (TPSA) is 59.0 Å². The Morgan fingerprint density at radius 3 is 2.74 bits per heavy atom. The summed E-state index contributed by atoms with van der Waals surface area (Å²) < 4.78 is 18.9. The lowest BCUT2D eigenvalue weighted by molar-refractivity contribution is 0.290. The molecule has 0 amide bonds. The van der Waals surface area contributed by atoms with E-state index in [2.05, 4.69) is 0 Å². The highest BCUT2D eigenvalue weighted by atomic mass is 35.5. The van der Waals surface area contributed by atoms with Crippen molar-refractivity contribution in [3.63, 3.8) is 0 Å². The number of nitrogens with zero attached hydrogens (tertiary/aromatic N) is 1. The second kappa shape index (κ2) is 5.59. The van der Waals surface area contributed by atoms with E-state index in [4.69, 9.17) is 27.3 Å². The fourth-order valence-corrected chi connectivity index (χ4v) is 1.72. The summed E-state index contributed by atoms with van der Waals surface area (Å²) in [4.78, 5) is 0. The van der Waals surface area contributed by atoms with Crippen molar-refractivity contribution in [1.82, 2.24) is 0 Å². The predicted molar refractivity (Wildman–Crippen MR) is 71.3 cm³/mol. The minimum absolute atomic E-state index is 0.0671. The Kier molecular flexibility index (Phi) is 3.88. The molecule has 0 atom stereocenters. The van der Waals surface area contributed by atoms with E-state index in [1.165, 1.54) is 12.1 Å². The fraction of sp³-hybridized carbons (Fsp3) is 0.0714. The number of nitriles is 1. The van der Waals surface area contributed by atoms with Gasteiger partial charge >= 0.3 is 0 Å². The standard InChI is InChI=1S/C14H10ClFN2O/c15-12-3-2-11(18)6-10(12)8-19-14-4-1-9(7-17)5-13(14)16/h1-6H,8,18H2. The summed E-state index contributed by atoms with van der Waals surface area (Å²) in [5.74, 6) is -0.517. The molecular weight excluding hydrogens is 267 g/mol. The molecule has 0 aliphatic carbocycles. The zero-order valence-electron chi connectivity index (χ0n) is 9.86. The lowest BCUT2D eigenvalue weighted by Crippen LogP contribution is -1.99. The van der Waals surface area contributed by atoms with Crippen molar-refractivity contribution in [2.75, 3.05) is 5.73 Å². The van der Waals surface area contributed by atoms with Crippen molar-refractivity contribution in [2.24, 2.45) is 0 Å². The molecule has 3 nitrogen and oxygen atoms in total. The SMILES string of the molecule is N#Cc1ccc(OCc2cc(N)ccc2Cl)c(F)c1. The van der Waals surface area contributed by atoms with Crippen molar-refractivity contribution in [1.29, 1.82) is 5.26 Å². The highest BCUT2D eigenvalue weighted by Gasteiger charge is 2.07. The second-order valence-corrected chi connectivity index (χ2v) is 4.30. The van der Waals surface area contributed by atoms with Crippen LogP contribution in [0.4, 0.5) is 10.1 Å². The summed E-state index contributed by atoms with van der Waals surface area (Å²) in [6.45, 7) is 0.104. The number of ether oxygens (including phenoxy) is 1. The van der Waals surface area contributed by atoms with E-state index in [1.54, 1.807) is 18.2 Å². The Labute approximate surface area is 115 Å². The van der Waals surface area contributed by atoms with E-state index in [0.29, 0.717) is 16.3 Å². The largest absolute Gasteiger partial charge is 0.486 e. The molecule has 0 spiro atoms. The highest BCUT2D eigenvalue weighted by molar-refractivity contribution is 6.31. The third-order valence-corrected chi connectivity index (χ3v) is 2.88. The van der Waals surface area contributed by atoms with Gasteiger partial charge in [-0.1, -0.05) is 11.6 Å². The van der Waals surface area contributed by atoms with E-state index in [1.807, 2.05) is 6.07 Å². The van der Waals surface area contributed by atoms with E-state index >= 15 is 0 Å². The Morgan fingerprint density at radius 2 is 2.05 bits per heavy atom. The van der Waals surface area contributed by atoms with Crippen LogP contribution in [0.1, 0.15) is 11.1 Å². The molecule has 5 heteroatoms. The average Bonchev–Trinajstić information content (AvgIpc) is 2.40. The summed E-state index contributed by atoms with van der Waals surface area (Å²) in [6.07, 6.45) is 0. The molecule has 0 aliphatic rings. The summed E-state index contributed by atoms with van der Waals surface area (Å²) in [5, 5.41) is 9.14. The smallest absolute Gasteiger partial charge is 0.166 e. The molecule has 2 aromatic rings. The van der Waals surface area contributed by atoms with E-state index in [9.17, 15) is 4.39 Å².